The largest absolute Gasteiger partial charge is 0.466 e. The molecule has 0 saturated carbocycles. The normalized spacial score (nSPS) is 22.8. The maximum absolute atomic E-state index is 13.1. The average molecular weight is 390 g/mol. The summed E-state index contributed by atoms with van der Waals surface area (Å²) in [5.41, 5.74) is 0.575. The molecule has 2 fully saturated rings. The first kappa shape index (κ1) is 20.4. The van der Waals surface area contributed by atoms with E-state index in [0.717, 1.165) is 25.7 Å². The van der Waals surface area contributed by atoms with E-state index >= 15 is 0 Å². The molecule has 2 atom stereocenters. The Kier molecular flexibility index (Phi) is 6.42. The molecule has 0 N–H and O–H groups in total. The van der Waals surface area contributed by atoms with E-state index in [1.807, 2.05) is 6.92 Å². The van der Waals surface area contributed by atoms with Crippen LogP contribution in [-0.4, -0.2) is 60.4 Å². The molecule has 0 unspecified atom stereocenters. The minimum atomic E-state index is -0.240. The predicted octanol–water partition coefficient (Wildman–Crippen LogP) is 2.55. The summed E-state index contributed by atoms with van der Waals surface area (Å²) in [4.78, 5) is 41.5. The molecule has 2 saturated heterocycles. The number of rotatable bonds is 4. The lowest BCUT2D eigenvalue weighted by molar-refractivity contribution is -0.152. The molecule has 0 radical (unpaired) electrons. The fourth-order valence-electron chi connectivity index (χ4n) is 4.26. The Bertz CT molecular complexity index is 741. The SMILES string of the molecule is CCOC(=O)[C@H]1CCCN(C(=O)[C@@H]2CCCN(C(=O)c3cc(C)oc3C)C2)C1. The molecule has 0 bridgehead atoms. The number of hydrogen-bond donors (Lipinski definition) is 0. The van der Waals surface area contributed by atoms with E-state index in [0.29, 0.717) is 49.9 Å². The zero-order valence-corrected chi connectivity index (χ0v) is 17.0. The van der Waals surface area contributed by atoms with Crippen molar-refractivity contribution in [2.24, 2.45) is 11.8 Å². The van der Waals surface area contributed by atoms with Crippen LogP contribution in [0.4, 0.5) is 0 Å². The smallest absolute Gasteiger partial charge is 0.310 e. The first-order valence-corrected chi connectivity index (χ1v) is 10.2. The van der Waals surface area contributed by atoms with Gasteiger partial charge in [-0.25, -0.2) is 0 Å². The standard InChI is InChI=1S/C21H30N2O5/c1-4-27-21(26)17-8-6-9-22(13-17)19(24)16-7-5-10-23(12-16)20(25)18-11-14(2)28-15(18)3/h11,16-17H,4-10,12-13H2,1-3H3/t16-,17+/m1/s1. The Morgan fingerprint density at radius 2 is 1.71 bits per heavy atom. The van der Waals surface area contributed by atoms with E-state index in [1.54, 1.807) is 29.7 Å². The fraction of sp³-hybridized carbons (Fsp3) is 0.667. The number of carbonyl (C=O) groups excluding carboxylic acids is 3. The monoisotopic (exact) mass is 390 g/mol. The number of likely N-dealkylation sites (tertiary alicyclic amines) is 2. The van der Waals surface area contributed by atoms with Crippen molar-refractivity contribution in [3.8, 4) is 0 Å². The molecule has 7 heteroatoms. The van der Waals surface area contributed by atoms with Crippen LogP contribution in [0.1, 0.15) is 54.5 Å². The minimum absolute atomic E-state index is 0.0478. The molecule has 3 rings (SSSR count). The second-order valence-electron chi connectivity index (χ2n) is 7.79. The number of amides is 2. The summed E-state index contributed by atoms with van der Waals surface area (Å²) in [5, 5.41) is 0. The Balaban J connectivity index is 1.63. The Labute approximate surface area is 166 Å². The van der Waals surface area contributed by atoms with Crippen LogP contribution in [0, 0.1) is 25.7 Å². The summed E-state index contributed by atoms with van der Waals surface area (Å²) >= 11 is 0. The van der Waals surface area contributed by atoms with Gasteiger partial charge in [0.05, 0.1) is 24.0 Å². The van der Waals surface area contributed by atoms with Crippen LogP contribution >= 0.6 is 0 Å². The van der Waals surface area contributed by atoms with Crippen LogP contribution in [0.3, 0.4) is 0 Å². The number of hydrogen-bond acceptors (Lipinski definition) is 5. The van der Waals surface area contributed by atoms with E-state index in [9.17, 15) is 14.4 Å². The van der Waals surface area contributed by atoms with Gasteiger partial charge in [-0.2, -0.15) is 0 Å². The molecule has 3 heterocycles. The molecule has 1 aromatic rings. The van der Waals surface area contributed by atoms with Crippen LogP contribution < -0.4 is 0 Å². The van der Waals surface area contributed by atoms with Crippen molar-refractivity contribution in [3.05, 3.63) is 23.2 Å². The van der Waals surface area contributed by atoms with Gasteiger partial charge in [-0.05, 0) is 52.5 Å². The van der Waals surface area contributed by atoms with Crippen LogP contribution in [0.15, 0.2) is 10.5 Å². The third kappa shape index (κ3) is 4.39. The van der Waals surface area contributed by atoms with Gasteiger partial charge in [0.1, 0.15) is 11.5 Å². The van der Waals surface area contributed by atoms with Crippen molar-refractivity contribution in [1.82, 2.24) is 9.80 Å². The van der Waals surface area contributed by atoms with Gasteiger partial charge < -0.3 is 19.0 Å². The summed E-state index contributed by atoms with van der Waals surface area (Å²) in [5.74, 6) is 0.628. The molecule has 0 aromatic carbocycles. The fourth-order valence-corrected chi connectivity index (χ4v) is 4.26. The highest BCUT2D eigenvalue weighted by molar-refractivity contribution is 5.95. The molecule has 2 aliphatic rings. The average Bonchev–Trinajstić information content (AvgIpc) is 3.05. The highest BCUT2D eigenvalue weighted by Crippen LogP contribution is 2.25. The molecule has 0 aliphatic carbocycles. The summed E-state index contributed by atoms with van der Waals surface area (Å²) in [6, 6.07) is 1.76. The summed E-state index contributed by atoms with van der Waals surface area (Å²) < 4.78 is 10.6. The lowest BCUT2D eigenvalue weighted by Crippen LogP contribution is -2.50. The van der Waals surface area contributed by atoms with Gasteiger partial charge in [-0.3, -0.25) is 14.4 Å². The predicted molar refractivity (Wildman–Crippen MR) is 103 cm³/mol. The quantitative estimate of drug-likeness (QED) is 0.738. The number of ether oxygens (including phenoxy) is 1. The van der Waals surface area contributed by atoms with Gasteiger partial charge in [0.15, 0.2) is 0 Å². The van der Waals surface area contributed by atoms with Crippen molar-refractivity contribution in [3.63, 3.8) is 0 Å². The summed E-state index contributed by atoms with van der Waals surface area (Å²) in [6.07, 6.45) is 3.13. The van der Waals surface area contributed by atoms with Crippen molar-refractivity contribution in [2.45, 2.75) is 46.5 Å². The third-order valence-electron chi connectivity index (χ3n) is 5.68. The molecule has 7 nitrogen and oxygen atoms in total. The molecule has 2 aliphatic heterocycles. The van der Waals surface area contributed by atoms with Gasteiger partial charge in [-0.1, -0.05) is 0 Å². The Morgan fingerprint density at radius 3 is 2.36 bits per heavy atom. The highest BCUT2D eigenvalue weighted by Gasteiger charge is 2.35. The minimum Gasteiger partial charge on any atom is -0.466 e. The maximum Gasteiger partial charge on any atom is 0.310 e. The molecule has 0 spiro atoms. The van der Waals surface area contributed by atoms with Crippen molar-refractivity contribution >= 4 is 17.8 Å². The van der Waals surface area contributed by atoms with E-state index in [2.05, 4.69) is 0 Å². The second-order valence-corrected chi connectivity index (χ2v) is 7.79. The number of aryl methyl sites for hydroxylation is 2. The van der Waals surface area contributed by atoms with Crippen LogP contribution in [0.2, 0.25) is 0 Å². The van der Waals surface area contributed by atoms with E-state index in [4.69, 9.17) is 9.15 Å². The lowest BCUT2D eigenvalue weighted by Gasteiger charge is -2.37. The topological polar surface area (TPSA) is 80.1 Å². The second kappa shape index (κ2) is 8.80. The number of piperidine rings is 2. The first-order valence-electron chi connectivity index (χ1n) is 10.2. The summed E-state index contributed by atoms with van der Waals surface area (Å²) in [7, 11) is 0. The van der Waals surface area contributed by atoms with Gasteiger partial charge >= 0.3 is 5.97 Å². The molecule has 28 heavy (non-hydrogen) atoms. The van der Waals surface area contributed by atoms with Crippen molar-refractivity contribution in [2.75, 3.05) is 32.8 Å². The maximum atomic E-state index is 13.1. The zero-order valence-electron chi connectivity index (χ0n) is 17.0. The molecule has 154 valence electrons. The van der Waals surface area contributed by atoms with Crippen molar-refractivity contribution in [1.29, 1.82) is 0 Å². The number of furan rings is 1. The molecular formula is C21H30N2O5. The van der Waals surface area contributed by atoms with E-state index < -0.39 is 0 Å². The van der Waals surface area contributed by atoms with Crippen LogP contribution in [0.5, 0.6) is 0 Å². The highest BCUT2D eigenvalue weighted by atomic mass is 16.5. The number of nitrogens with zero attached hydrogens (tertiary/aromatic N) is 2. The first-order chi connectivity index (χ1) is 13.4. The number of carbonyl (C=O) groups is 3. The summed E-state index contributed by atoms with van der Waals surface area (Å²) in [6.45, 7) is 7.91. The van der Waals surface area contributed by atoms with Gasteiger partial charge in [-0.15, -0.1) is 0 Å². The van der Waals surface area contributed by atoms with Gasteiger partial charge in [0, 0.05) is 26.2 Å². The molecule has 1 aromatic heterocycles. The molecule has 2 amide bonds. The third-order valence-corrected chi connectivity index (χ3v) is 5.68. The van der Waals surface area contributed by atoms with E-state index in [1.165, 1.54) is 0 Å². The number of esters is 1. The Hall–Kier alpha value is -2.31. The van der Waals surface area contributed by atoms with E-state index in [-0.39, 0.29) is 29.6 Å². The van der Waals surface area contributed by atoms with Crippen LogP contribution in [-0.2, 0) is 14.3 Å². The van der Waals surface area contributed by atoms with Crippen molar-refractivity contribution < 1.29 is 23.5 Å². The van der Waals surface area contributed by atoms with Gasteiger partial charge in [0.25, 0.3) is 5.91 Å². The molecular weight excluding hydrogens is 360 g/mol. The zero-order chi connectivity index (χ0) is 20.3. The Morgan fingerprint density at radius 1 is 1.07 bits per heavy atom. The lowest BCUT2D eigenvalue weighted by atomic mass is 9.92. The van der Waals surface area contributed by atoms with Crippen LogP contribution in [0.25, 0.3) is 0 Å². The van der Waals surface area contributed by atoms with Gasteiger partial charge in [0.2, 0.25) is 5.91 Å².